The average Bonchev–Trinajstić information content (AvgIpc) is 2.65. The third-order valence-corrected chi connectivity index (χ3v) is 4.23. The van der Waals surface area contributed by atoms with Gasteiger partial charge < -0.3 is 19.5 Å². The zero-order valence-corrected chi connectivity index (χ0v) is 15.3. The quantitative estimate of drug-likeness (QED) is 0.821. The highest BCUT2D eigenvalue weighted by molar-refractivity contribution is 6.30. The van der Waals surface area contributed by atoms with Crippen LogP contribution in [-0.4, -0.2) is 43.7 Å². The number of hydrogen-bond donors (Lipinski definition) is 1. The van der Waals surface area contributed by atoms with Crippen molar-refractivity contribution in [1.29, 1.82) is 0 Å². The number of aliphatic hydroxyl groups excluding tert-OH is 1. The van der Waals surface area contributed by atoms with Crippen LogP contribution in [-0.2, 0) is 11.2 Å². The molecule has 2 aromatic carbocycles. The SMILES string of the molecule is COc1ccc(CCN(C)C(=O)C(O)c2ccc(Cl)cc2)cc1OC. The van der Waals surface area contributed by atoms with Crippen LogP contribution in [0.25, 0.3) is 0 Å². The molecule has 2 rings (SSSR count). The van der Waals surface area contributed by atoms with Gasteiger partial charge in [-0.05, 0) is 41.8 Å². The Balaban J connectivity index is 1.98. The highest BCUT2D eigenvalue weighted by atomic mass is 35.5. The van der Waals surface area contributed by atoms with Crippen molar-refractivity contribution >= 4 is 17.5 Å². The number of carbonyl (C=O) groups excluding carboxylic acids is 1. The van der Waals surface area contributed by atoms with Gasteiger partial charge in [0.05, 0.1) is 14.2 Å². The van der Waals surface area contributed by atoms with E-state index in [-0.39, 0.29) is 5.91 Å². The third-order valence-electron chi connectivity index (χ3n) is 3.98. The number of halogens is 1. The first-order valence-electron chi connectivity index (χ1n) is 7.85. The molecule has 5 nitrogen and oxygen atoms in total. The van der Waals surface area contributed by atoms with E-state index in [1.54, 1.807) is 45.5 Å². The highest BCUT2D eigenvalue weighted by Crippen LogP contribution is 2.27. The van der Waals surface area contributed by atoms with Crippen LogP contribution in [0.2, 0.25) is 5.02 Å². The first kappa shape index (κ1) is 19.1. The molecule has 6 heteroatoms. The van der Waals surface area contributed by atoms with Crippen molar-refractivity contribution in [1.82, 2.24) is 4.90 Å². The number of amides is 1. The Morgan fingerprint density at radius 3 is 2.36 bits per heavy atom. The number of aliphatic hydroxyl groups is 1. The van der Waals surface area contributed by atoms with E-state index < -0.39 is 6.10 Å². The summed E-state index contributed by atoms with van der Waals surface area (Å²) in [4.78, 5) is 13.9. The summed E-state index contributed by atoms with van der Waals surface area (Å²) in [6.07, 6.45) is -0.566. The largest absolute Gasteiger partial charge is 0.493 e. The lowest BCUT2D eigenvalue weighted by atomic mass is 10.1. The normalized spacial score (nSPS) is 11.7. The molecule has 0 saturated heterocycles. The van der Waals surface area contributed by atoms with Gasteiger partial charge in [0, 0.05) is 18.6 Å². The molecule has 0 heterocycles. The molecule has 1 unspecified atom stereocenters. The Kier molecular flexibility index (Phi) is 6.67. The Hall–Kier alpha value is -2.24. The van der Waals surface area contributed by atoms with E-state index in [1.165, 1.54) is 4.90 Å². The maximum atomic E-state index is 12.4. The highest BCUT2D eigenvalue weighted by Gasteiger charge is 2.21. The Bertz CT molecular complexity index is 718. The van der Waals surface area contributed by atoms with Gasteiger partial charge in [-0.2, -0.15) is 0 Å². The van der Waals surface area contributed by atoms with Crippen LogP contribution in [0.4, 0.5) is 0 Å². The molecule has 0 saturated carbocycles. The minimum Gasteiger partial charge on any atom is -0.493 e. The number of hydrogen-bond acceptors (Lipinski definition) is 4. The summed E-state index contributed by atoms with van der Waals surface area (Å²) in [6.45, 7) is 0.471. The topological polar surface area (TPSA) is 59.0 Å². The Morgan fingerprint density at radius 2 is 1.76 bits per heavy atom. The van der Waals surface area contributed by atoms with Crippen molar-refractivity contribution in [2.45, 2.75) is 12.5 Å². The van der Waals surface area contributed by atoms with Gasteiger partial charge in [0.2, 0.25) is 0 Å². The van der Waals surface area contributed by atoms with Gasteiger partial charge in [-0.3, -0.25) is 4.79 Å². The van der Waals surface area contributed by atoms with Gasteiger partial charge in [-0.1, -0.05) is 29.8 Å². The van der Waals surface area contributed by atoms with Crippen LogP contribution in [0.3, 0.4) is 0 Å². The van der Waals surface area contributed by atoms with Crippen molar-refractivity contribution in [2.24, 2.45) is 0 Å². The smallest absolute Gasteiger partial charge is 0.255 e. The zero-order chi connectivity index (χ0) is 18.4. The summed E-state index contributed by atoms with van der Waals surface area (Å²) >= 11 is 5.83. The second-order valence-corrected chi connectivity index (χ2v) is 6.09. The van der Waals surface area contributed by atoms with Gasteiger partial charge >= 0.3 is 0 Å². The second-order valence-electron chi connectivity index (χ2n) is 5.65. The fourth-order valence-corrected chi connectivity index (χ4v) is 2.57. The van der Waals surface area contributed by atoms with Crippen LogP contribution in [0.15, 0.2) is 42.5 Å². The van der Waals surface area contributed by atoms with E-state index in [2.05, 4.69) is 0 Å². The van der Waals surface area contributed by atoms with Crippen molar-refractivity contribution in [2.75, 3.05) is 27.8 Å². The van der Waals surface area contributed by atoms with Crippen molar-refractivity contribution in [3.63, 3.8) is 0 Å². The second kappa shape index (κ2) is 8.74. The van der Waals surface area contributed by atoms with Crippen molar-refractivity contribution < 1.29 is 19.4 Å². The maximum absolute atomic E-state index is 12.4. The molecule has 0 bridgehead atoms. The summed E-state index contributed by atoms with van der Waals surface area (Å²) in [6, 6.07) is 12.2. The van der Waals surface area contributed by atoms with Crippen LogP contribution < -0.4 is 9.47 Å². The molecule has 25 heavy (non-hydrogen) atoms. The molecule has 1 atom stereocenters. The molecule has 0 radical (unpaired) electrons. The molecule has 0 aliphatic rings. The number of rotatable bonds is 7. The van der Waals surface area contributed by atoms with Crippen LogP contribution in [0.5, 0.6) is 11.5 Å². The van der Waals surface area contributed by atoms with Gasteiger partial charge in [0.15, 0.2) is 17.6 Å². The zero-order valence-electron chi connectivity index (χ0n) is 14.5. The molecule has 134 valence electrons. The summed E-state index contributed by atoms with van der Waals surface area (Å²) < 4.78 is 10.5. The molecular formula is C19H22ClNO4. The minimum absolute atomic E-state index is 0.359. The Labute approximate surface area is 152 Å². The fraction of sp³-hybridized carbons (Fsp3) is 0.316. The molecule has 0 aromatic heterocycles. The molecular weight excluding hydrogens is 342 g/mol. The number of methoxy groups -OCH3 is 2. The lowest BCUT2D eigenvalue weighted by molar-refractivity contribution is -0.139. The van der Waals surface area contributed by atoms with Gasteiger partial charge in [-0.15, -0.1) is 0 Å². The van der Waals surface area contributed by atoms with Crippen molar-refractivity contribution in [3.8, 4) is 11.5 Å². The minimum atomic E-state index is -1.20. The van der Waals surface area contributed by atoms with E-state index in [0.717, 1.165) is 5.56 Å². The molecule has 2 aromatic rings. The van der Waals surface area contributed by atoms with Gasteiger partial charge in [0.1, 0.15) is 0 Å². The molecule has 0 spiro atoms. The maximum Gasteiger partial charge on any atom is 0.255 e. The van der Waals surface area contributed by atoms with Crippen LogP contribution in [0, 0.1) is 0 Å². The first-order valence-corrected chi connectivity index (χ1v) is 8.23. The summed E-state index contributed by atoms with van der Waals surface area (Å²) in [7, 11) is 4.84. The lowest BCUT2D eigenvalue weighted by Gasteiger charge is -2.21. The predicted molar refractivity (Wildman–Crippen MR) is 97.3 cm³/mol. The lowest BCUT2D eigenvalue weighted by Crippen LogP contribution is -2.33. The first-order chi connectivity index (χ1) is 12.0. The number of likely N-dealkylation sites (N-methyl/N-ethyl adjacent to an activating group) is 1. The number of ether oxygens (including phenoxy) is 2. The number of benzene rings is 2. The standard InChI is InChI=1S/C19H22ClNO4/c1-21(19(23)18(22)14-5-7-15(20)8-6-14)11-10-13-4-9-16(24-2)17(12-13)25-3/h4-9,12,18,22H,10-11H2,1-3H3. The molecule has 1 amide bonds. The number of nitrogens with zero attached hydrogens (tertiary/aromatic N) is 1. The third kappa shape index (κ3) is 4.87. The van der Waals surface area contributed by atoms with Crippen LogP contribution in [0.1, 0.15) is 17.2 Å². The predicted octanol–water partition coefficient (Wildman–Crippen LogP) is 3.09. The fourth-order valence-electron chi connectivity index (χ4n) is 2.44. The van der Waals surface area contributed by atoms with E-state index in [9.17, 15) is 9.90 Å². The molecule has 0 aliphatic carbocycles. The monoisotopic (exact) mass is 363 g/mol. The van der Waals surface area contributed by atoms with Gasteiger partial charge in [0.25, 0.3) is 5.91 Å². The average molecular weight is 364 g/mol. The Morgan fingerprint density at radius 1 is 1.12 bits per heavy atom. The van der Waals surface area contributed by atoms with Crippen LogP contribution >= 0.6 is 11.6 Å². The summed E-state index contributed by atoms with van der Waals surface area (Å²) in [5, 5.41) is 10.8. The van der Waals surface area contributed by atoms with E-state index in [0.29, 0.717) is 35.1 Å². The van der Waals surface area contributed by atoms with Gasteiger partial charge in [-0.25, -0.2) is 0 Å². The van der Waals surface area contributed by atoms with E-state index in [1.807, 2.05) is 18.2 Å². The molecule has 0 fully saturated rings. The van der Waals surface area contributed by atoms with Crippen molar-refractivity contribution in [3.05, 3.63) is 58.6 Å². The van der Waals surface area contributed by atoms with E-state index in [4.69, 9.17) is 21.1 Å². The summed E-state index contributed by atoms with van der Waals surface area (Å²) in [5.41, 5.74) is 1.53. The molecule has 1 N–H and O–H groups in total. The molecule has 0 aliphatic heterocycles. The summed E-state index contributed by atoms with van der Waals surface area (Å²) in [5.74, 6) is 0.951. The number of carbonyl (C=O) groups is 1. The van der Waals surface area contributed by atoms with E-state index >= 15 is 0 Å².